The summed E-state index contributed by atoms with van der Waals surface area (Å²) in [5, 5.41) is 11.2. The predicted molar refractivity (Wildman–Crippen MR) is 105 cm³/mol. The van der Waals surface area contributed by atoms with Crippen LogP contribution in [0.1, 0.15) is 51.5 Å². The molecule has 1 aromatic carbocycles. The molecule has 2 aliphatic heterocycles. The highest BCUT2D eigenvalue weighted by atomic mass is 16.3. The number of hydrogen-bond acceptors (Lipinski definition) is 3. The van der Waals surface area contributed by atoms with Crippen molar-refractivity contribution in [3.63, 3.8) is 0 Å². The topological polar surface area (TPSA) is 43.8 Å². The summed E-state index contributed by atoms with van der Waals surface area (Å²) in [6.07, 6.45) is 5.86. The lowest BCUT2D eigenvalue weighted by Gasteiger charge is -2.40. The molecule has 2 heterocycles. The molecule has 1 atom stereocenters. The zero-order valence-electron chi connectivity index (χ0n) is 16.4. The molecule has 2 saturated heterocycles. The number of hydrogen-bond donors (Lipinski definition) is 1. The van der Waals surface area contributed by atoms with Crippen molar-refractivity contribution in [1.82, 2.24) is 9.80 Å². The number of nitrogens with zero attached hydrogens (tertiary/aromatic N) is 2. The van der Waals surface area contributed by atoms with E-state index in [1.54, 1.807) is 0 Å². The lowest BCUT2D eigenvalue weighted by molar-refractivity contribution is -0.159. The molecule has 2 fully saturated rings. The Morgan fingerprint density at radius 1 is 1.08 bits per heavy atom. The summed E-state index contributed by atoms with van der Waals surface area (Å²) in [5.41, 5.74) is 0.415. The van der Waals surface area contributed by atoms with Crippen LogP contribution in [0.5, 0.6) is 0 Å². The van der Waals surface area contributed by atoms with Gasteiger partial charge in [0.15, 0.2) is 5.60 Å². The van der Waals surface area contributed by atoms with E-state index < -0.39 is 5.60 Å². The minimum absolute atomic E-state index is 0.0646. The van der Waals surface area contributed by atoms with Gasteiger partial charge in [-0.3, -0.25) is 9.69 Å². The number of likely N-dealkylation sites (tertiary alicyclic amines) is 2. The number of β-amino-alcohol motifs (C(OH)–C–C–N with tert-alkyl or cyclic N) is 1. The van der Waals surface area contributed by atoms with Crippen LogP contribution in [0.3, 0.4) is 0 Å². The molecule has 0 aliphatic carbocycles. The van der Waals surface area contributed by atoms with Crippen LogP contribution in [0, 0.1) is 5.41 Å². The number of aliphatic hydroxyl groups is 1. The van der Waals surface area contributed by atoms with E-state index >= 15 is 0 Å². The maximum atomic E-state index is 13.0. The van der Waals surface area contributed by atoms with Crippen LogP contribution in [0.4, 0.5) is 0 Å². The van der Waals surface area contributed by atoms with Gasteiger partial charge in [-0.05, 0) is 56.0 Å². The average Bonchev–Trinajstić information content (AvgIpc) is 3.07. The van der Waals surface area contributed by atoms with Crippen molar-refractivity contribution in [1.29, 1.82) is 0 Å². The predicted octanol–water partition coefficient (Wildman–Crippen LogP) is 3.09. The molecule has 0 spiro atoms. The quantitative estimate of drug-likeness (QED) is 0.814. The molecule has 2 aliphatic rings. The zero-order valence-corrected chi connectivity index (χ0v) is 16.4. The Labute approximate surface area is 158 Å². The first kappa shape index (κ1) is 19.4. The number of benzene rings is 1. The summed E-state index contributed by atoms with van der Waals surface area (Å²) in [4.78, 5) is 17.2. The maximum absolute atomic E-state index is 13.0. The zero-order chi connectivity index (χ0) is 18.6. The Kier molecular flexibility index (Phi) is 6.03. The van der Waals surface area contributed by atoms with E-state index in [1.165, 1.54) is 24.8 Å². The Balaban J connectivity index is 1.59. The summed E-state index contributed by atoms with van der Waals surface area (Å²) < 4.78 is 0. The smallest absolute Gasteiger partial charge is 0.255 e. The molecule has 4 heteroatoms. The standard InChI is InChI=1S/C22H34N2O2/c1-3-21(4-2)13-16-23(17-21)18-22(26)12-8-14-24(20(22)25)15-11-19-9-6-5-7-10-19/h5-7,9-10,26H,3-4,8,11-18H2,1-2H3/t22-/m0/s1. The lowest BCUT2D eigenvalue weighted by Crippen LogP contribution is -2.58. The van der Waals surface area contributed by atoms with Gasteiger partial charge in [0.1, 0.15) is 0 Å². The molecule has 144 valence electrons. The summed E-state index contributed by atoms with van der Waals surface area (Å²) in [6, 6.07) is 10.3. The van der Waals surface area contributed by atoms with E-state index in [0.717, 1.165) is 32.5 Å². The highest BCUT2D eigenvalue weighted by molar-refractivity contribution is 5.86. The van der Waals surface area contributed by atoms with Crippen LogP contribution in [-0.2, 0) is 11.2 Å². The van der Waals surface area contributed by atoms with Crippen LogP contribution < -0.4 is 0 Å². The van der Waals surface area contributed by atoms with E-state index in [4.69, 9.17) is 0 Å². The van der Waals surface area contributed by atoms with Crippen molar-refractivity contribution in [3.05, 3.63) is 35.9 Å². The molecule has 0 saturated carbocycles. The Bertz CT molecular complexity index is 599. The highest BCUT2D eigenvalue weighted by Gasteiger charge is 2.45. The van der Waals surface area contributed by atoms with Gasteiger partial charge in [0.25, 0.3) is 5.91 Å². The first-order valence-electron chi connectivity index (χ1n) is 10.3. The molecule has 4 nitrogen and oxygen atoms in total. The largest absolute Gasteiger partial charge is 0.379 e. The molecule has 0 aromatic heterocycles. The second-order valence-electron chi connectivity index (χ2n) is 8.33. The third-order valence-electron chi connectivity index (χ3n) is 6.72. The maximum Gasteiger partial charge on any atom is 0.255 e. The van der Waals surface area contributed by atoms with Crippen molar-refractivity contribution in [2.24, 2.45) is 5.41 Å². The summed E-state index contributed by atoms with van der Waals surface area (Å²) in [6.45, 7) is 8.49. The van der Waals surface area contributed by atoms with Crippen LogP contribution in [0.2, 0.25) is 0 Å². The van der Waals surface area contributed by atoms with Gasteiger partial charge in [0, 0.05) is 26.2 Å². The molecule has 0 radical (unpaired) electrons. The monoisotopic (exact) mass is 358 g/mol. The third kappa shape index (κ3) is 4.12. The minimum Gasteiger partial charge on any atom is -0.379 e. The lowest BCUT2D eigenvalue weighted by atomic mass is 9.82. The van der Waals surface area contributed by atoms with E-state index in [-0.39, 0.29) is 5.91 Å². The minimum atomic E-state index is -1.20. The second kappa shape index (κ2) is 8.10. The van der Waals surface area contributed by atoms with E-state index in [2.05, 4.69) is 30.9 Å². The third-order valence-corrected chi connectivity index (χ3v) is 6.72. The van der Waals surface area contributed by atoms with Crippen molar-refractivity contribution in [3.8, 4) is 0 Å². The molecule has 1 amide bonds. The molecule has 26 heavy (non-hydrogen) atoms. The van der Waals surface area contributed by atoms with Crippen LogP contribution in [0.25, 0.3) is 0 Å². The molecule has 1 aromatic rings. The molecule has 1 N–H and O–H groups in total. The summed E-state index contributed by atoms with van der Waals surface area (Å²) in [5.74, 6) is -0.0646. The van der Waals surface area contributed by atoms with E-state index in [9.17, 15) is 9.90 Å². The van der Waals surface area contributed by atoms with Gasteiger partial charge in [-0.25, -0.2) is 0 Å². The van der Waals surface area contributed by atoms with Crippen molar-refractivity contribution < 1.29 is 9.90 Å². The Hall–Kier alpha value is -1.39. The van der Waals surface area contributed by atoms with Gasteiger partial charge in [-0.15, -0.1) is 0 Å². The number of amides is 1. The van der Waals surface area contributed by atoms with Gasteiger partial charge in [-0.1, -0.05) is 44.2 Å². The number of rotatable bonds is 7. The van der Waals surface area contributed by atoms with Crippen molar-refractivity contribution in [2.75, 3.05) is 32.7 Å². The number of carbonyl (C=O) groups excluding carboxylic acids is 1. The fraction of sp³-hybridized carbons (Fsp3) is 0.682. The SMILES string of the molecule is CCC1(CC)CCN(C[C@@]2(O)CCCN(CCc3ccccc3)C2=O)C1. The Morgan fingerprint density at radius 2 is 1.81 bits per heavy atom. The second-order valence-corrected chi connectivity index (χ2v) is 8.33. The molecule has 0 unspecified atom stereocenters. The van der Waals surface area contributed by atoms with Gasteiger partial charge in [0.05, 0.1) is 0 Å². The fourth-order valence-electron chi connectivity index (χ4n) is 4.69. The first-order chi connectivity index (χ1) is 12.5. The van der Waals surface area contributed by atoms with Gasteiger partial charge >= 0.3 is 0 Å². The first-order valence-corrected chi connectivity index (χ1v) is 10.3. The fourth-order valence-corrected chi connectivity index (χ4v) is 4.69. The molecule has 0 bridgehead atoms. The van der Waals surface area contributed by atoms with Crippen molar-refractivity contribution >= 4 is 5.91 Å². The summed E-state index contributed by atoms with van der Waals surface area (Å²) >= 11 is 0. The van der Waals surface area contributed by atoms with E-state index in [0.29, 0.717) is 24.9 Å². The molecular formula is C22H34N2O2. The van der Waals surface area contributed by atoms with Crippen LogP contribution in [-0.4, -0.2) is 59.1 Å². The van der Waals surface area contributed by atoms with Gasteiger partial charge in [-0.2, -0.15) is 0 Å². The number of carbonyl (C=O) groups is 1. The van der Waals surface area contributed by atoms with Crippen LogP contribution >= 0.6 is 0 Å². The Morgan fingerprint density at radius 3 is 2.46 bits per heavy atom. The van der Waals surface area contributed by atoms with Crippen LogP contribution in [0.15, 0.2) is 30.3 Å². The summed E-state index contributed by atoms with van der Waals surface area (Å²) in [7, 11) is 0. The number of piperidine rings is 1. The van der Waals surface area contributed by atoms with Gasteiger partial charge in [0.2, 0.25) is 0 Å². The normalized spacial score (nSPS) is 26.4. The van der Waals surface area contributed by atoms with Gasteiger partial charge < -0.3 is 10.0 Å². The molecular weight excluding hydrogens is 324 g/mol. The molecule has 3 rings (SSSR count). The highest BCUT2D eigenvalue weighted by Crippen LogP contribution is 2.38. The van der Waals surface area contributed by atoms with E-state index in [1.807, 2.05) is 23.1 Å². The average molecular weight is 359 g/mol. The van der Waals surface area contributed by atoms with Crippen molar-refractivity contribution in [2.45, 2.75) is 58.0 Å².